The topological polar surface area (TPSA) is 128 Å². The van der Waals surface area contributed by atoms with E-state index < -0.39 is 56.7 Å². The Kier molecular flexibility index (Phi) is 7.91. The molecule has 196 valence electrons. The van der Waals surface area contributed by atoms with Gasteiger partial charge in [0.15, 0.2) is 0 Å². The van der Waals surface area contributed by atoms with Crippen LogP contribution in [0.3, 0.4) is 0 Å². The van der Waals surface area contributed by atoms with Crippen molar-refractivity contribution in [3.8, 4) is 11.3 Å². The van der Waals surface area contributed by atoms with E-state index in [1.54, 1.807) is 30.3 Å². The van der Waals surface area contributed by atoms with E-state index in [4.69, 9.17) is 5.73 Å². The van der Waals surface area contributed by atoms with E-state index in [1.165, 1.54) is 44.2 Å². The van der Waals surface area contributed by atoms with Gasteiger partial charge in [-0.1, -0.05) is 44.2 Å². The zero-order valence-corrected chi connectivity index (χ0v) is 20.6. The number of hydrogen-bond acceptors (Lipinski definition) is 6. The summed E-state index contributed by atoms with van der Waals surface area (Å²) in [6.45, 7) is 1.83. The number of rotatable bonds is 8. The molecule has 0 fully saturated rings. The standard InChI is InChI=1S/C25H24F3N3O5S/c1-15(2)22(23(33)25(26,27)28)30-21(32)14-31-19(16-6-4-3-5-7-16)12-13-20(24(31)34)37(35,36)18-10-8-17(29)9-11-18/h3-13,15,22H,14,29H2,1-2H3,(H,30,32). The Labute approximate surface area is 210 Å². The number of anilines is 1. The van der Waals surface area contributed by atoms with E-state index in [0.29, 0.717) is 11.3 Å². The van der Waals surface area contributed by atoms with Crippen molar-refractivity contribution < 1.29 is 31.2 Å². The Morgan fingerprint density at radius 3 is 2.11 bits per heavy atom. The Balaban J connectivity index is 2.09. The molecule has 8 nitrogen and oxygen atoms in total. The summed E-state index contributed by atoms with van der Waals surface area (Å²) in [6, 6.07) is 13.9. The summed E-state index contributed by atoms with van der Waals surface area (Å²) >= 11 is 0. The molecular weight excluding hydrogens is 511 g/mol. The van der Waals surface area contributed by atoms with E-state index in [1.807, 2.05) is 5.32 Å². The van der Waals surface area contributed by atoms with Crippen LogP contribution in [0.4, 0.5) is 18.9 Å². The monoisotopic (exact) mass is 535 g/mol. The number of aromatic nitrogens is 1. The predicted octanol–water partition coefficient (Wildman–Crippen LogP) is 3.20. The van der Waals surface area contributed by atoms with Gasteiger partial charge in [-0.3, -0.25) is 19.0 Å². The predicted molar refractivity (Wildman–Crippen MR) is 130 cm³/mol. The van der Waals surface area contributed by atoms with Gasteiger partial charge in [0.05, 0.1) is 16.6 Å². The van der Waals surface area contributed by atoms with E-state index >= 15 is 0 Å². The summed E-state index contributed by atoms with van der Waals surface area (Å²) in [4.78, 5) is 37.2. The average molecular weight is 536 g/mol. The molecule has 0 aliphatic heterocycles. The number of nitrogen functional groups attached to an aromatic ring is 1. The minimum atomic E-state index is -5.18. The van der Waals surface area contributed by atoms with Crippen LogP contribution in [0.1, 0.15) is 13.8 Å². The lowest BCUT2D eigenvalue weighted by atomic mass is 9.99. The van der Waals surface area contributed by atoms with Gasteiger partial charge in [-0.05, 0) is 47.9 Å². The molecule has 0 radical (unpaired) electrons. The second-order valence-electron chi connectivity index (χ2n) is 8.56. The number of alkyl halides is 3. The van der Waals surface area contributed by atoms with Gasteiger partial charge in [0.2, 0.25) is 15.7 Å². The summed E-state index contributed by atoms with van der Waals surface area (Å²) in [6.07, 6.45) is -5.18. The molecule has 1 unspecified atom stereocenters. The molecule has 1 aromatic heterocycles. The SMILES string of the molecule is CC(C)C(NC(=O)Cn1c(-c2ccccc2)ccc(S(=O)(=O)c2ccc(N)cc2)c1=O)C(=O)C(F)(F)F. The van der Waals surface area contributed by atoms with Crippen LogP contribution in [0.15, 0.2) is 81.3 Å². The Hall–Kier alpha value is -3.93. The number of ketones is 1. The Bertz CT molecular complexity index is 1470. The first-order chi connectivity index (χ1) is 17.2. The Morgan fingerprint density at radius 1 is 0.973 bits per heavy atom. The number of amides is 1. The third-order valence-corrected chi connectivity index (χ3v) is 7.32. The van der Waals surface area contributed by atoms with Crippen molar-refractivity contribution in [2.75, 3.05) is 5.73 Å². The fourth-order valence-electron chi connectivity index (χ4n) is 3.63. The molecule has 3 rings (SSSR count). The van der Waals surface area contributed by atoms with Crippen LogP contribution in [0.2, 0.25) is 0 Å². The molecule has 2 aromatic carbocycles. The molecule has 0 spiro atoms. The van der Waals surface area contributed by atoms with Crippen LogP contribution in [0.5, 0.6) is 0 Å². The van der Waals surface area contributed by atoms with Crippen molar-refractivity contribution in [2.24, 2.45) is 5.92 Å². The summed E-state index contributed by atoms with van der Waals surface area (Å²) in [5, 5.41) is 2.04. The largest absolute Gasteiger partial charge is 0.452 e. The maximum atomic E-state index is 13.4. The lowest BCUT2D eigenvalue weighted by Gasteiger charge is -2.23. The normalized spacial score (nSPS) is 12.8. The third-order valence-electron chi connectivity index (χ3n) is 5.54. The molecule has 0 saturated carbocycles. The molecule has 3 N–H and O–H groups in total. The average Bonchev–Trinajstić information content (AvgIpc) is 2.83. The molecule has 1 heterocycles. The van der Waals surface area contributed by atoms with Gasteiger partial charge in [0.1, 0.15) is 11.4 Å². The number of nitrogens with zero attached hydrogens (tertiary/aromatic N) is 1. The minimum absolute atomic E-state index is 0.153. The van der Waals surface area contributed by atoms with E-state index in [-0.39, 0.29) is 10.6 Å². The maximum Gasteiger partial charge on any atom is 0.452 e. The van der Waals surface area contributed by atoms with Crippen LogP contribution in [0.25, 0.3) is 11.3 Å². The van der Waals surface area contributed by atoms with Gasteiger partial charge in [-0.25, -0.2) is 8.42 Å². The van der Waals surface area contributed by atoms with E-state index in [0.717, 1.165) is 10.6 Å². The summed E-state index contributed by atoms with van der Waals surface area (Å²) < 4.78 is 66.3. The van der Waals surface area contributed by atoms with Crippen molar-refractivity contribution in [2.45, 2.75) is 42.4 Å². The molecule has 12 heteroatoms. The minimum Gasteiger partial charge on any atom is -0.399 e. The second-order valence-corrected chi connectivity index (χ2v) is 10.5. The number of sulfone groups is 1. The first-order valence-corrected chi connectivity index (χ1v) is 12.5. The first kappa shape index (κ1) is 27.7. The van der Waals surface area contributed by atoms with Crippen LogP contribution in [-0.4, -0.2) is 36.9 Å². The molecule has 3 aromatic rings. The number of halogens is 3. The van der Waals surface area contributed by atoms with Gasteiger partial charge >= 0.3 is 6.18 Å². The lowest BCUT2D eigenvalue weighted by molar-refractivity contribution is -0.174. The molecule has 0 aliphatic rings. The zero-order chi connectivity index (χ0) is 27.5. The van der Waals surface area contributed by atoms with Gasteiger partial charge in [0, 0.05) is 5.69 Å². The molecule has 0 bridgehead atoms. The van der Waals surface area contributed by atoms with E-state index in [2.05, 4.69) is 0 Å². The van der Waals surface area contributed by atoms with Gasteiger partial charge in [-0.15, -0.1) is 0 Å². The smallest absolute Gasteiger partial charge is 0.399 e. The molecule has 0 saturated heterocycles. The highest BCUT2D eigenvalue weighted by Crippen LogP contribution is 2.24. The quantitative estimate of drug-likeness (QED) is 0.427. The summed E-state index contributed by atoms with van der Waals surface area (Å²) in [5.74, 6) is -4.11. The molecule has 37 heavy (non-hydrogen) atoms. The van der Waals surface area contributed by atoms with Gasteiger partial charge in [0.25, 0.3) is 11.3 Å². The van der Waals surface area contributed by atoms with Crippen LogP contribution >= 0.6 is 0 Å². The second kappa shape index (κ2) is 10.6. The molecular formula is C25H24F3N3O5S. The van der Waals surface area contributed by atoms with Crippen molar-refractivity contribution >= 4 is 27.2 Å². The maximum absolute atomic E-state index is 13.4. The molecule has 0 aliphatic carbocycles. The number of nitrogens with two attached hydrogens (primary N) is 1. The summed E-state index contributed by atoms with van der Waals surface area (Å²) in [7, 11) is -4.34. The highest BCUT2D eigenvalue weighted by molar-refractivity contribution is 7.91. The van der Waals surface area contributed by atoms with Crippen molar-refractivity contribution in [3.05, 3.63) is 77.1 Å². The van der Waals surface area contributed by atoms with Crippen LogP contribution < -0.4 is 16.6 Å². The van der Waals surface area contributed by atoms with E-state index in [9.17, 15) is 36.0 Å². The fourth-order valence-corrected chi connectivity index (χ4v) is 4.96. The number of carbonyl (C=O) groups is 2. The highest BCUT2D eigenvalue weighted by atomic mass is 32.2. The number of carbonyl (C=O) groups excluding carboxylic acids is 2. The summed E-state index contributed by atoms with van der Waals surface area (Å²) in [5.41, 5.74) is 5.47. The van der Waals surface area contributed by atoms with Crippen molar-refractivity contribution in [3.63, 3.8) is 0 Å². The molecule has 1 atom stereocenters. The zero-order valence-electron chi connectivity index (χ0n) is 19.8. The van der Waals surface area contributed by atoms with Gasteiger partial charge < -0.3 is 11.1 Å². The lowest BCUT2D eigenvalue weighted by Crippen LogP contribution is -2.51. The number of pyridine rings is 1. The van der Waals surface area contributed by atoms with Crippen LogP contribution in [-0.2, 0) is 26.0 Å². The number of nitrogens with one attached hydrogen (secondary N) is 1. The number of Topliss-reactive ketones (excluding diaryl/α,β-unsaturated/α-hetero) is 1. The third kappa shape index (κ3) is 6.08. The van der Waals surface area contributed by atoms with Crippen molar-refractivity contribution in [1.82, 2.24) is 9.88 Å². The Morgan fingerprint density at radius 2 is 1.57 bits per heavy atom. The van der Waals surface area contributed by atoms with Crippen LogP contribution in [0, 0.1) is 5.92 Å². The number of benzene rings is 2. The first-order valence-electron chi connectivity index (χ1n) is 11.0. The fraction of sp³-hybridized carbons (Fsp3) is 0.240. The van der Waals surface area contributed by atoms with Crippen molar-refractivity contribution in [1.29, 1.82) is 0 Å². The molecule has 1 amide bonds. The van der Waals surface area contributed by atoms with Gasteiger partial charge in [-0.2, -0.15) is 13.2 Å². The number of hydrogen-bond donors (Lipinski definition) is 2. The highest BCUT2D eigenvalue weighted by Gasteiger charge is 2.45.